The number of carbonyl (C=O) groups excluding carboxylic acids is 3. The Balaban J connectivity index is 1.71. The molecule has 1 aliphatic heterocycles. The molecule has 6 N–H and O–H groups in total. The van der Waals surface area contributed by atoms with Crippen LogP contribution in [-0.4, -0.2) is 86.0 Å². The van der Waals surface area contributed by atoms with Crippen molar-refractivity contribution < 1.29 is 48.0 Å². The Morgan fingerprint density at radius 3 is 2.45 bits per heavy atom. The summed E-state index contributed by atoms with van der Waals surface area (Å²) in [5, 5.41) is 44.8. The SMILES string of the molecule is CCC1CCCN1Cc1cc(O)c2c(c1C(F)(F)F)C[C@H]1C[C@H]3[C@H](N(C)C)C(=O)C(C(N)=O)=C(O)[C@@]3(O)C(=O)C1=C2O. The van der Waals surface area contributed by atoms with E-state index < -0.39 is 93.1 Å². The van der Waals surface area contributed by atoms with E-state index in [1.807, 2.05) is 11.8 Å². The second-order valence-corrected chi connectivity index (χ2v) is 11.9. The number of likely N-dealkylation sites (tertiary alicyclic amines) is 1. The number of rotatable bonds is 5. The summed E-state index contributed by atoms with van der Waals surface area (Å²) in [7, 11) is 2.89. The van der Waals surface area contributed by atoms with Crippen LogP contribution in [0, 0.1) is 11.8 Å². The highest BCUT2D eigenvalue weighted by Crippen LogP contribution is 2.54. The van der Waals surface area contributed by atoms with Crippen LogP contribution in [0.2, 0.25) is 0 Å². The molecule has 0 spiro atoms. The summed E-state index contributed by atoms with van der Waals surface area (Å²) in [6.07, 6.45) is -3.15. The van der Waals surface area contributed by atoms with E-state index in [1.54, 1.807) is 0 Å². The van der Waals surface area contributed by atoms with E-state index in [2.05, 4.69) is 0 Å². The van der Waals surface area contributed by atoms with E-state index >= 15 is 0 Å². The van der Waals surface area contributed by atoms with Crippen molar-refractivity contribution >= 4 is 23.2 Å². The number of nitrogens with zero attached hydrogens (tertiary/aromatic N) is 2. The molecular weight excluding hydrogens is 559 g/mol. The Labute approximate surface area is 239 Å². The lowest BCUT2D eigenvalue weighted by Crippen LogP contribution is -2.65. The van der Waals surface area contributed by atoms with Crippen molar-refractivity contribution in [3.63, 3.8) is 0 Å². The number of hydrogen-bond donors (Lipinski definition) is 5. The minimum atomic E-state index is -4.86. The zero-order chi connectivity index (χ0) is 31.0. The number of amides is 1. The van der Waals surface area contributed by atoms with Gasteiger partial charge < -0.3 is 26.2 Å². The fraction of sp³-hybridized carbons (Fsp3) is 0.552. The monoisotopic (exact) mass is 593 g/mol. The quantitative estimate of drug-likeness (QED) is 0.322. The molecule has 3 aliphatic carbocycles. The fourth-order valence-corrected chi connectivity index (χ4v) is 7.65. The van der Waals surface area contributed by atoms with Gasteiger partial charge in [-0.15, -0.1) is 0 Å². The molecule has 5 rings (SSSR count). The molecule has 0 radical (unpaired) electrons. The number of ketones is 2. The van der Waals surface area contributed by atoms with Crippen LogP contribution in [0.5, 0.6) is 5.75 Å². The maximum Gasteiger partial charge on any atom is 0.417 e. The molecule has 1 heterocycles. The van der Waals surface area contributed by atoms with E-state index in [1.165, 1.54) is 19.0 Å². The molecule has 5 atom stereocenters. The number of aromatic hydroxyl groups is 1. The first-order chi connectivity index (χ1) is 19.5. The summed E-state index contributed by atoms with van der Waals surface area (Å²) < 4.78 is 44.2. The van der Waals surface area contributed by atoms with E-state index in [0.29, 0.717) is 6.54 Å². The number of hydrogen-bond acceptors (Lipinski definition) is 9. The third-order valence-electron chi connectivity index (χ3n) is 9.43. The molecule has 228 valence electrons. The molecule has 1 aromatic carbocycles. The van der Waals surface area contributed by atoms with Gasteiger partial charge in [0.2, 0.25) is 5.78 Å². The van der Waals surface area contributed by atoms with Crippen LogP contribution in [0.4, 0.5) is 13.2 Å². The predicted octanol–water partition coefficient (Wildman–Crippen LogP) is 2.36. The highest BCUT2D eigenvalue weighted by Gasteiger charge is 2.64. The van der Waals surface area contributed by atoms with Crippen LogP contribution in [0.1, 0.15) is 54.9 Å². The van der Waals surface area contributed by atoms with Gasteiger partial charge in [0, 0.05) is 24.1 Å². The van der Waals surface area contributed by atoms with Crippen molar-refractivity contribution in [3.05, 3.63) is 45.2 Å². The van der Waals surface area contributed by atoms with Gasteiger partial charge in [-0.1, -0.05) is 6.92 Å². The van der Waals surface area contributed by atoms with Gasteiger partial charge in [-0.25, -0.2) is 0 Å². The normalized spacial score (nSPS) is 30.1. The van der Waals surface area contributed by atoms with E-state index in [-0.39, 0.29) is 30.1 Å². The first-order valence-electron chi connectivity index (χ1n) is 13.9. The number of phenolic OH excluding ortho intramolecular Hbond substituents is 1. The summed E-state index contributed by atoms with van der Waals surface area (Å²) in [6.45, 7) is 2.49. The number of halogens is 3. The summed E-state index contributed by atoms with van der Waals surface area (Å²) >= 11 is 0. The number of aliphatic hydroxyl groups is 3. The van der Waals surface area contributed by atoms with Gasteiger partial charge in [0.05, 0.1) is 17.2 Å². The topological polar surface area (TPSA) is 165 Å². The first-order valence-corrected chi connectivity index (χ1v) is 13.9. The molecular formula is C29H34F3N3O7. The number of fused-ring (bicyclic) bond motifs is 3. The largest absolute Gasteiger partial charge is 0.508 e. The molecule has 10 nitrogen and oxygen atoms in total. The second kappa shape index (κ2) is 10.1. The van der Waals surface area contributed by atoms with Crippen LogP contribution in [0.25, 0.3) is 5.76 Å². The van der Waals surface area contributed by atoms with Gasteiger partial charge in [0.1, 0.15) is 22.8 Å². The average molecular weight is 594 g/mol. The molecule has 1 unspecified atom stereocenters. The third-order valence-corrected chi connectivity index (χ3v) is 9.43. The van der Waals surface area contributed by atoms with Gasteiger partial charge >= 0.3 is 6.18 Å². The molecule has 13 heteroatoms. The van der Waals surface area contributed by atoms with Crippen molar-refractivity contribution in [1.82, 2.24) is 9.80 Å². The second-order valence-electron chi connectivity index (χ2n) is 11.9. The van der Waals surface area contributed by atoms with Crippen molar-refractivity contribution in [1.29, 1.82) is 0 Å². The molecule has 1 aromatic rings. The summed E-state index contributed by atoms with van der Waals surface area (Å²) in [4.78, 5) is 42.5. The highest BCUT2D eigenvalue weighted by atomic mass is 19.4. The lowest BCUT2D eigenvalue weighted by molar-refractivity contribution is -0.153. The molecule has 4 aliphatic rings. The lowest BCUT2D eigenvalue weighted by atomic mass is 9.57. The molecule has 1 amide bonds. The van der Waals surface area contributed by atoms with Crippen molar-refractivity contribution in [2.24, 2.45) is 17.6 Å². The molecule has 42 heavy (non-hydrogen) atoms. The van der Waals surface area contributed by atoms with Crippen LogP contribution in [-0.2, 0) is 33.5 Å². The van der Waals surface area contributed by atoms with Crippen molar-refractivity contribution in [3.8, 4) is 5.75 Å². The first kappa shape index (κ1) is 30.1. The van der Waals surface area contributed by atoms with Gasteiger partial charge in [-0.05, 0) is 75.9 Å². The number of nitrogens with two attached hydrogens (primary N) is 1. The van der Waals surface area contributed by atoms with Crippen LogP contribution in [0.3, 0.4) is 0 Å². The number of likely N-dealkylation sites (N-methyl/N-ethyl adjacent to an activating group) is 1. The lowest BCUT2D eigenvalue weighted by Gasteiger charge is -2.50. The Hall–Kier alpha value is -3.42. The number of aliphatic hydroxyl groups excluding tert-OH is 2. The summed E-state index contributed by atoms with van der Waals surface area (Å²) in [6, 6.07) is -0.278. The van der Waals surface area contributed by atoms with Crippen LogP contribution >= 0.6 is 0 Å². The molecule has 2 fully saturated rings. The number of alkyl halides is 3. The highest BCUT2D eigenvalue weighted by molar-refractivity contribution is 6.24. The third kappa shape index (κ3) is 4.23. The Morgan fingerprint density at radius 1 is 1.21 bits per heavy atom. The minimum absolute atomic E-state index is 0.0662. The Kier molecular flexibility index (Phi) is 7.22. The number of phenols is 1. The van der Waals surface area contributed by atoms with Crippen LogP contribution in [0.15, 0.2) is 23.0 Å². The van der Waals surface area contributed by atoms with E-state index in [4.69, 9.17) is 5.73 Å². The predicted molar refractivity (Wildman–Crippen MR) is 143 cm³/mol. The zero-order valence-corrected chi connectivity index (χ0v) is 23.5. The van der Waals surface area contributed by atoms with Crippen LogP contribution < -0.4 is 5.73 Å². The molecule has 1 saturated carbocycles. The zero-order valence-electron chi connectivity index (χ0n) is 23.5. The van der Waals surface area contributed by atoms with Gasteiger partial charge in [-0.2, -0.15) is 13.2 Å². The summed E-state index contributed by atoms with van der Waals surface area (Å²) in [5.74, 6) is -8.93. The van der Waals surface area contributed by atoms with Gasteiger partial charge in [0.15, 0.2) is 11.4 Å². The Morgan fingerprint density at radius 2 is 1.88 bits per heavy atom. The number of benzene rings is 1. The van der Waals surface area contributed by atoms with E-state index in [9.17, 15) is 48.0 Å². The molecule has 0 aromatic heterocycles. The smallest absolute Gasteiger partial charge is 0.417 e. The maximum atomic E-state index is 14.7. The number of primary amides is 1. The summed E-state index contributed by atoms with van der Waals surface area (Å²) in [5.41, 5.74) is -1.13. The maximum absolute atomic E-state index is 14.7. The number of Topliss-reactive ketones (excluding diaryl/α,β-unsaturated/α-hetero) is 2. The Bertz CT molecular complexity index is 1450. The van der Waals surface area contributed by atoms with Gasteiger partial charge in [0.25, 0.3) is 5.91 Å². The minimum Gasteiger partial charge on any atom is -0.508 e. The van der Waals surface area contributed by atoms with Crippen molar-refractivity contribution in [2.45, 2.75) is 69.4 Å². The van der Waals surface area contributed by atoms with Gasteiger partial charge in [-0.3, -0.25) is 24.2 Å². The number of carbonyl (C=O) groups is 3. The molecule has 1 saturated heterocycles. The standard InChI is InChI=1S/C29H34F3N3O7/c1-4-14-6-5-7-35(14)11-13-10-17(36)19-15(21(13)29(30,31)32)8-12-9-16-22(34(2)3)24(38)20(27(33)41)26(40)28(16,42)25(39)18(12)23(19)37/h10,12,14,16,22,36-37,40,42H,4-9,11H2,1-3H3,(H2,33,41)/t12-,14?,16-,22-,28-/m0/s1. The fourth-order valence-electron chi connectivity index (χ4n) is 7.65. The average Bonchev–Trinajstić information content (AvgIpc) is 3.31. The molecule has 0 bridgehead atoms. The van der Waals surface area contributed by atoms with E-state index in [0.717, 1.165) is 25.3 Å². The van der Waals surface area contributed by atoms with Crippen molar-refractivity contribution in [2.75, 3.05) is 20.6 Å².